The Morgan fingerprint density at radius 1 is 1.62 bits per heavy atom. The van der Waals surface area contributed by atoms with Crippen molar-refractivity contribution in [1.29, 1.82) is 5.26 Å². The predicted octanol–water partition coefficient (Wildman–Crippen LogP) is 0.994. The Morgan fingerprint density at radius 3 is 2.81 bits per heavy atom. The molecule has 1 rings (SSSR count). The van der Waals surface area contributed by atoms with Gasteiger partial charge in [0.15, 0.2) is 0 Å². The van der Waals surface area contributed by atoms with Crippen molar-refractivity contribution in [2.24, 2.45) is 11.3 Å². The molecular formula is C12H21N3O. The van der Waals surface area contributed by atoms with Gasteiger partial charge in [-0.25, -0.2) is 0 Å². The number of nitrogens with one attached hydrogen (secondary N) is 1. The molecule has 0 aromatic heterocycles. The first-order valence-electron chi connectivity index (χ1n) is 5.78. The largest absolute Gasteiger partial charge is 0.355 e. The van der Waals surface area contributed by atoms with Gasteiger partial charge in [-0.2, -0.15) is 5.26 Å². The molecule has 0 aromatic carbocycles. The number of likely N-dealkylation sites (tertiary alicyclic amines) is 1. The number of carbonyl (C=O) groups excluding carboxylic acids is 1. The standard InChI is InChI=1S/C12H21N3O/c1-12(2,9-14-11(16)4-6-13)10-5-7-15(3)8-10/h10H,4-5,7-9H2,1-3H3,(H,14,16). The zero-order valence-electron chi connectivity index (χ0n) is 10.4. The summed E-state index contributed by atoms with van der Waals surface area (Å²) >= 11 is 0. The summed E-state index contributed by atoms with van der Waals surface area (Å²) in [5, 5.41) is 11.2. The van der Waals surface area contributed by atoms with E-state index in [-0.39, 0.29) is 17.7 Å². The lowest BCUT2D eigenvalue weighted by Gasteiger charge is -2.31. The zero-order valence-corrected chi connectivity index (χ0v) is 10.4. The quantitative estimate of drug-likeness (QED) is 0.773. The van der Waals surface area contributed by atoms with Gasteiger partial charge in [0, 0.05) is 13.1 Å². The molecule has 1 heterocycles. The van der Waals surface area contributed by atoms with Crippen LogP contribution in [0, 0.1) is 22.7 Å². The molecule has 16 heavy (non-hydrogen) atoms. The van der Waals surface area contributed by atoms with Crippen LogP contribution in [-0.4, -0.2) is 37.5 Å². The van der Waals surface area contributed by atoms with Crippen LogP contribution in [-0.2, 0) is 4.79 Å². The van der Waals surface area contributed by atoms with Crippen molar-refractivity contribution >= 4 is 5.91 Å². The molecule has 0 aliphatic carbocycles. The van der Waals surface area contributed by atoms with E-state index in [1.165, 1.54) is 6.42 Å². The monoisotopic (exact) mass is 223 g/mol. The summed E-state index contributed by atoms with van der Waals surface area (Å²) in [5.41, 5.74) is 0.107. The van der Waals surface area contributed by atoms with Gasteiger partial charge < -0.3 is 10.2 Å². The summed E-state index contributed by atoms with van der Waals surface area (Å²) in [6, 6.07) is 1.86. The first-order chi connectivity index (χ1) is 7.45. The van der Waals surface area contributed by atoms with Crippen molar-refractivity contribution in [2.45, 2.75) is 26.7 Å². The Balaban J connectivity index is 2.40. The summed E-state index contributed by atoms with van der Waals surface area (Å²) in [6.45, 7) is 7.26. The van der Waals surface area contributed by atoms with E-state index in [0.717, 1.165) is 13.1 Å². The third kappa shape index (κ3) is 3.49. The second-order valence-corrected chi connectivity index (χ2v) is 5.35. The number of nitriles is 1. The molecule has 0 aromatic rings. The van der Waals surface area contributed by atoms with Crippen molar-refractivity contribution in [3.8, 4) is 6.07 Å². The van der Waals surface area contributed by atoms with E-state index in [0.29, 0.717) is 12.5 Å². The molecular weight excluding hydrogens is 202 g/mol. The highest BCUT2D eigenvalue weighted by Gasteiger charge is 2.33. The van der Waals surface area contributed by atoms with Crippen LogP contribution in [0.25, 0.3) is 0 Å². The normalized spacial score (nSPS) is 21.8. The number of nitrogens with zero attached hydrogens (tertiary/aromatic N) is 2. The van der Waals surface area contributed by atoms with Crippen LogP contribution in [0.3, 0.4) is 0 Å². The van der Waals surface area contributed by atoms with E-state index < -0.39 is 0 Å². The van der Waals surface area contributed by atoms with Crippen LogP contribution < -0.4 is 5.32 Å². The summed E-state index contributed by atoms with van der Waals surface area (Å²) in [7, 11) is 2.13. The average molecular weight is 223 g/mol. The molecule has 1 fully saturated rings. The minimum absolute atomic E-state index is 0.0410. The van der Waals surface area contributed by atoms with E-state index in [2.05, 4.69) is 31.1 Å². The minimum atomic E-state index is -0.165. The predicted molar refractivity (Wildman–Crippen MR) is 62.6 cm³/mol. The molecule has 0 radical (unpaired) electrons. The fourth-order valence-electron chi connectivity index (χ4n) is 2.18. The molecule has 1 saturated heterocycles. The van der Waals surface area contributed by atoms with E-state index in [1.807, 2.05) is 6.07 Å². The molecule has 1 aliphatic heterocycles. The lowest BCUT2D eigenvalue weighted by molar-refractivity contribution is -0.120. The number of amides is 1. The maximum absolute atomic E-state index is 11.2. The number of hydrogen-bond acceptors (Lipinski definition) is 3. The van der Waals surface area contributed by atoms with Gasteiger partial charge in [-0.3, -0.25) is 4.79 Å². The van der Waals surface area contributed by atoms with Gasteiger partial charge >= 0.3 is 0 Å². The zero-order chi connectivity index (χ0) is 12.2. The minimum Gasteiger partial charge on any atom is -0.355 e. The van der Waals surface area contributed by atoms with Gasteiger partial charge in [0.05, 0.1) is 6.07 Å². The number of hydrogen-bond donors (Lipinski definition) is 1. The van der Waals surface area contributed by atoms with Gasteiger partial charge in [-0.05, 0) is 31.3 Å². The Morgan fingerprint density at radius 2 is 2.31 bits per heavy atom. The van der Waals surface area contributed by atoms with Crippen LogP contribution in [0.1, 0.15) is 26.7 Å². The van der Waals surface area contributed by atoms with Crippen LogP contribution >= 0.6 is 0 Å². The molecule has 0 spiro atoms. The van der Waals surface area contributed by atoms with E-state index >= 15 is 0 Å². The van der Waals surface area contributed by atoms with E-state index in [9.17, 15) is 4.79 Å². The summed E-state index contributed by atoms with van der Waals surface area (Å²) in [6.07, 6.45) is 1.15. The maximum atomic E-state index is 11.2. The van der Waals surface area contributed by atoms with Gasteiger partial charge in [0.2, 0.25) is 5.91 Å². The smallest absolute Gasteiger partial charge is 0.234 e. The van der Waals surface area contributed by atoms with Gasteiger partial charge in [0.1, 0.15) is 6.42 Å². The van der Waals surface area contributed by atoms with E-state index in [4.69, 9.17) is 5.26 Å². The van der Waals surface area contributed by atoms with Crippen LogP contribution in [0.2, 0.25) is 0 Å². The van der Waals surface area contributed by atoms with Crippen molar-refractivity contribution in [2.75, 3.05) is 26.7 Å². The second-order valence-electron chi connectivity index (χ2n) is 5.35. The van der Waals surface area contributed by atoms with Gasteiger partial charge in [-0.15, -0.1) is 0 Å². The van der Waals surface area contributed by atoms with Crippen molar-refractivity contribution in [1.82, 2.24) is 10.2 Å². The molecule has 0 saturated carbocycles. The first-order valence-corrected chi connectivity index (χ1v) is 5.78. The molecule has 1 N–H and O–H groups in total. The highest BCUT2D eigenvalue weighted by molar-refractivity contribution is 5.77. The van der Waals surface area contributed by atoms with Crippen LogP contribution in [0.5, 0.6) is 0 Å². The number of carbonyl (C=O) groups is 1. The fraction of sp³-hybridized carbons (Fsp3) is 0.833. The third-order valence-electron chi connectivity index (χ3n) is 3.48. The van der Waals surface area contributed by atoms with Crippen molar-refractivity contribution < 1.29 is 4.79 Å². The Labute approximate surface area is 97.6 Å². The molecule has 0 bridgehead atoms. The second kappa shape index (κ2) is 5.31. The highest BCUT2D eigenvalue weighted by atomic mass is 16.1. The van der Waals surface area contributed by atoms with Crippen LogP contribution in [0.4, 0.5) is 0 Å². The third-order valence-corrected chi connectivity index (χ3v) is 3.48. The molecule has 1 amide bonds. The van der Waals surface area contributed by atoms with Gasteiger partial charge in [0.25, 0.3) is 0 Å². The van der Waals surface area contributed by atoms with E-state index in [1.54, 1.807) is 0 Å². The average Bonchev–Trinajstić information content (AvgIpc) is 2.63. The Bertz CT molecular complexity index is 293. The summed E-state index contributed by atoms with van der Waals surface area (Å²) in [4.78, 5) is 13.5. The maximum Gasteiger partial charge on any atom is 0.234 e. The first kappa shape index (κ1) is 13.0. The molecule has 1 atom stereocenters. The molecule has 4 nitrogen and oxygen atoms in total. The SMILES string of the molecule is CN1CCC(C(C)(C)CNC(=O)CC#N)C1. The van der Waals surface area contributed by atoms with Gasteiger partial charge in [-0.1, -0.05) is 13.8 Å². The summed E-state index contributed by atoms with van der Waals surface area (Å²) < 4.78 is 0. The summed E-state index contributed by atoms with van der Waals surface area (Å²) in [5.74, 6) is 0.460. The highest BCUT2D eigenvalue weighted by Crippen LogP contribution is 2.33. The molecule has 4 heteroatoms. The topological polar surface area (TPSA) is 56.1 Å². The lowest BCUT2D eigenvalue weighted by Crippen LogP contribution is -2.39. The molecule has 1 unspecified atom stereocenters. The molecule has 1 aliphatic rings. The van der Waals surface area contributed by atoms with Crippen LogP contribution in [0.15, 0.2) is 0 Å². The Hall–Kier alpha value is -1.08. The van der Waals surface area contributed by atoms with Crippen molar-refractivity contribution in [3.63, 3.8) is 0 Å². The molecule has 90 valence electrons. The fourth-order valence-corrected chi connectivity index (χ4v) is 2.18. The Kier molecular flexibility index (Phi) is 4.31. The number of rotatable bonds is 4. The van der Waals surface area contributed by atoms with Crippen molar-refractivity contribution in [3.05, 3.63) is 0 Å². The lowest BCUT2D eigenvalue weighted by atomic mass is 9.78.